The van der Waals surface area contributed by atoms with Gasteiger partial charge in [-0.2, -0.15) is 0 Å². The van der Waals surface area contributed by atoms with Crippen molar-refractivity contribution in [2.75, 3.05) is 13.2 Å². The standard InChI is InChI=1S/C24H39NO3/c1-5-6-7-8-9-10-11-19-12-14-20(15-13-19)21-16-17-25(22(21)18-26)23(27)28-24(2,3)4/h12-15,21-22,26H,5-11,16-18H2,1-4H3/t21-,22-/m1/s1. The number of aliphatic hydroxyl groups excluding tert-OH is 1. The smallest absolute Gasteiger partial charge is 0.410 e. The molecule has 1 fully saturated rings. The second-order valence-corrected chi connectivity index (χ2v) is 9.08. The molecule has 1 amide bonds. The van der Waals surface area contributed by atoms with E-state index in [0.29, 0.717) is 6.54 Å². The summed E-state index contributed by atoms with van der Waals surface area (Å²) in [5, 5.41) is 9.93. The van der Waals surface area contributed by atoms with Crippen molar-refractivity contribution in [2.45, 2.75) is 96.6 Å². The Hall–Kier alpha value is -1.55. The highest BCUT2D eigenvalue weighted by atomic mass is 16.6. The summed E-state index contributed by atoms with van der Waals surface area (Å²) in [7, 11) is 0. The second kappa shape index (κ2) is 10.8. The number of nitrogens with zero attached hydrogens (tertiary/aromatic N) is 1. The molecule has 0 aromatic heterocycles. The number of hydrogen-bond donors (Lipinski definition) is 1. The van der Waals surface area contributed by atoms with E-state index in [1.54, 1.807) is 4.90 Å². The summed E-state index contributed by atoms with van der Waals surface area (Å²) < 4.78 is 5.51. The van der Waals surface area contributed by atoms with Gasteiger partial charge in [0.2, 0.25) is 0 Å². The molecule has 4 nitrogen and oxygen atoms in total. The summed E-state index contributed by atoms with van der Waals surface area (Å²) in [6, 6.07) is 8.58. The summed E-state index contributed by atoms with van der Waals surface area (Å²) in [6.07, 6.45) is 9.56. The lowest BCUT2D eigenvalue weighted by Gasteiger charge is -2.29. The van der Waals surface area contributed by atoms with Crippen LogP contribution in [0.25, 0.3) is 0 Å². The van der Waals surface area contributed by atoms with E-state index >= 15 is 0 Å². The van der Waals surface area contributed by atoms with E-state index in [0.717, 1.165) is 12.8 Å². The van der Waals surface area contributed by atoms with Crippen LogP contribution in [0.3, 0.4) is 0 Å². The van der Waals surface area contributed by atoms with Crippen LogP contribution in [0.1, 0.15) is 89.7 Å². The van der Waals surface area contributed by atoms with Crippen molar-refractivity contribution in [2.24, 2.45) is 0 Å². The molecule has 2 atom stereocenters. The second-order valence-electron chi connectivity index (χ2n) is 9.08. The first-order valence-corrected chi connectivity index (χ1v) is 11.0. The summed E-state index contributed by atoms with van der Waals surface area (Å²) >= 11 is 0. The number of rotatable bonds is 9. The number of likely N-dealkylation sites (tertiary alicyclic amines) is 1. The Balaban J connectivity index is 1.89. The van der Waals surface area contributed by atoms with Gasteiger partial charge in [0.05, 0.1) is 12.6 Å². The molecule has 0 aliphatic carbocycles. The molecule has 1 aliphatic rings. The van der Waals surface area contributed by atoms with Crippen LogP contribution >= 0.6 is 0 Å². The molecule has 1 aromatic carbocycles. The maximum atomic E-state index is 12.5. The summed E-state index contributed by atoms with van der Waals surface area (Å²) in [5.41, 5.74) is 2.06. The number of carbonyl (C=O) groups excluding carboxylic acids is 1. The summed E-state index contributed by atoms with van der Waals surface area (Å²) in [5.74, 6) is 0.167. The number of unbranched alkanes of at least 4 members (excludes halogenated alkanes) is 5. The largest absolute Gasteiger partial charge is 0.444 e. The highest BCUT2D eigenvalue weighted by Gasteiger charge is 2.39. The Morgan fingerprint density at radius 3 is 2.36 bits per heavy atom. The fraction of sp³-hybridized carbons (Fsp3) is 0.708. The Morgan fingerprint density at radius 2 is 1.75 bits per heavy atom. The van der Waals surface area contributed by atoms with E-state index in [9.17, 15) is 9.90 Å². The fourth-order valence-corrected chi connectivity index (χ4v) is 4.06. The number of hydrogen-bond acceptors (Lipinski definition) is 3. The lowest BCUT2D eigenvalue weighted by molar-refractivity contribution is 0.0165. The first kappa shape index (κ1) is 22.7. The molecule has 158 valence electrons. The van der Waals surface area contributed by atoms with Crippen molar-refractivity contribution in [3.63, 3.8) is 0 Å². The molecule has 4 heteroatoms. The van der Waals surface area contributed by atoms with Gasteiger partial charge < -0.3 is 14.7 Å². The lowest BCUT2D eigenvalue weighted by atomic mass is 9.91. The number of amides is 1. The van der Waals surface area contributed by atoms with Crippen LogP contribution in [0.5, 0.6) is 0 Å². The molecule has 1 aliphatic heterocycles. The topological polar surface area (TPSA) is 49.8 Å². The van der Waals surface area contributed by atoms with Crippen LogP contribution < -0.4 is 0 Å². The van der Waals surface area contributed by atoms with Gasteiger partial charge in [-0.1, -0.05) is 63.3 Å². The first-order chi connectivity index (χ1) is 13.4. The van der Waals surface area contributed by atoms with Gasteiger partial charge in [0.25, 0.3) is 0 Å². The van der Waals surface area contributed by atoms with Gasteiger partial charge in [0.15, 0.2) is 0 Å². The minimum absolute atomic E-state index is 0.0383. The Kier molecular flexibility index (Phi) is 8.81. The van der Waals surface area contributed by atoms with Gasteiger partial charge in [-0.05, 0) is 51.2 Å². The zero-order valence-electron chi connectivity index (χ0n) is 18.2. The van der Waals surface area contributed by atoms with Crippen molar-refractivity contribution in [3.05, 3.63) is 35.4 Å². The number of aryl methyl sites for hydroxylation is 1. The minimum atomic E-state index is -0.520. The van der Waals surface area contributed by atoms with Gasteiger partial charge in [0.1, 0.15) is 5.60 Å². The zero-order valence-corrected chi connectivity index (χ0v) is 18.2. The maximum Gasteiger partial charge on any atom is 0.410 e. The average Bonchev–Trinajstić information content (AvgIpc) is 3.08. The van der Waals surface area contributed by atoms with E-state index in [1.807, 2.05) is 20.8 Å². The van der Waals surface area contributed by atoms with E-state index < -0.39 is 5.60 Å². The van der Waals surface area contributed by atoms with Gasteiger partial charge in [-0.15, -0.1) is 0 Å². The molecule has 1 N–H and O–H groups in total. The van der Waals surface area contributed by atoms with E-state index in [2.05, 4.69) is 31.2 Å². The van der Waals surface area contributed by atoms with Gasteiger partial charge in [-0.25, -0.2) is 4.79 Å². The number of ether oxygens (including phenoxy) is 1. The van der Waals surface area contributed by atoms with Crippen molar-refractivity contribution in [1.29, 1.82) is 0 Å². The molecule has 0 radical (unpaired) electrons. The van der Waals surface area contributed by atoms with Crippen molar-refractivity contribution >= 4 is 6.09 Å². The van der Waals surface area contributed by atoms with Crippen LogP contribution in [-0.4, -0.2) is 40.9 Å². The van der Waals surface area contributed by atoms with Crippen LogP contribution in [0, 0.1) is 0 Å². The van der Waals surface area contributed by atoms with Crippen molar-refractivity contribution in [3.8, 4) is 0 Å². The van der Waals surface area contributed by atoms with Gasteiger partial charge >= 0.3 is 6.09 Å². The third kappa shape index (κ3) is 6.80. The molecule has 0 spiro atoms. The van der Waals surface area contributed by atoms with Crippen LogP contribution in [-0.2, 0) is 11.2 Å². The Bertz CT molecular complexity index is 591. The molecular formula is C24H39NO3. The average molecular weight is 390 g/mol. The molecule has 0 saturated carbocycles. The molecule has 2 rings (SSSR count). The number of aliphatic hydroxyl groups is 1. The first-order valence-electron chi connectivity index (χ1n) is 11.0. The normalized spacial score (nSPS) is 19.8. The zero-order chi connectivity index (χ0) is 20.6. The maximum absolute atomic E-state index is 12.5. The summed E-state index contributed by atoms with van der Waals surface area (Å²) in [4.78, 5) is 14.2. The van der Waals surface area contributed by atoms with E-state index in [1.165, 1.54) is 49.7 Å². The van der Waals surface area contributed by atoms with Crippen molar-refractivity contribution < 1.29 is 14.6 Å². The molecule has 1 aromatic rings. The van der Waals surface area contributed by atoms with E-state index in [-0.39, 0.29) is 24.7 Å². The number of carbonyl (C=O) groups is 1. The summed E-state index contributed by atoms with van der Waals surface area (Å²) in [6.45, 7) is 8.45. The minimum Gasteiger partial charge on any atom is -0.444 e. The van der Waals surface area contributed by atoms with Gasteiger partial charge in [0, 0.05) is 12.5 Å². The molecule has 1 saturated heterocycles. The Labute approximate surface area is 171 Å². The quantitative estimate of drug-likeness (QED) is 0.553. The van der Waals surface area contributed by atoms with Crippen LogP contribution in [0.4, 0.5) is 4.79 Å². The van der Waals surface area contributed by atoms with E-state index in [4.69, 9.17) is 4.74 Å². The SMILES string of the molecule is CCCCCCCCc1ccc([C@H]2CCN(C(=O)OC(C)(C)C)[C@@H]2CO)cc1. The highest BCUT2D eigenvalue weighted by Crippen LogP contribution is 2.34. The highest BCUT2D eigenvalue weighted by molar-refractivity contribution is 5.69. The predicted octanol–water partition coefficient (Wildman–Crippen LogP) is 5.67. The monoisotopic (exact) mass is 389 g/mol. The Morgan fingerprint density at radius 1 is 1.11 bits per heavy atom. The fourth-order valence-electron chi connectivity index (χ4n) is 4.06. The number of benzene rings is 1. The van der Waals surface area contributed by atoms with Crippen LogP contribution in [0.2, 0.25) is 0 Å². The predicted molar refractivity (Wildman–Crippen MR) is 115 cm³/mol. The third-order valence-corrected chi connectivity index (χ3v) is 5.59. The molecule has 28 heavy (non-hydrogen) atoms. The third-order valence-electron chi connectivity index (χ3n) is 5.59. The van der Waals surface area contributed by atoms with Gasteiger partial charge in [-0.3, -0.25) is 0 Å². The van der Waals surface area contributed by atoms with Crippen molar-refractivity contribution in [1.82, 2.24) is 4.90 Å². The molecule has 0 unspecified atom stereocenters. The van der Waals surface area contributed by atoms with Crippen LogP contribution in [0.15, 0.2) is 24.3 Å². The molecule has 0 bridgehead atoms. The molecular weight excluding hydrogens is 350 g/mol. The molecule has 1 heterocycles. The lowest BCUT2D eigenvalue weighted by Crippen LogP contribution is -2.42.